The quantitative estimate of drug-likeness (QED) is 0.738. The molecule has 4 heteroatoms. The lowest BCUT2D eigenvalue weighted by Crippen LogP contribution is -2.50. The minimum Gasteiger partial charge on any atom is -0.493 e. The van der Waals surface area contributed by atoms with Gasteiger partial charge in [-0.15, -0.1) is 0 Å². The number of fused-ring (bicyclic) bond motifs is 1. The summed E-state index contributed by atoms with van der Waals surface area (Å²) < 4.78 is 5.49. The second-order valence-corrected chi connectivity index (χ2v) is 4.95. The molecule has 102 valence electrons. The van der Waals surface area contributed by atoms with Crippen LogP contribution in [0.3, 0.4) is 0 Å². The monoisotopic (exact) mass is 262 g/mol. The van der Waals surface area contributed by atoms with Gasteiger partial charge < -0.3 is 14.9 Å². The molecule has 2 N–H and O–H groups in total. The second-order valence-electron chi connectivity index (χ2n) is 4.95. The summed E-state index contributed by atoms with van der Waals surface area (Å²) in [5.74, 6) is -0.467. The highest BCUT2D eigenvalue weighted by molar-refractivity contribution is 6.00. The van der Waals surface area contributed by atoms with E-state index in [1.807, 2.05) is 31.2 Å². The molecule has 0 amide bonds. The largest absolute Gasteiger partial charge is 0.493 e. The maximum atomic E-state index is 11.8. The molecular weight excluding hydrogens is 244 g/mol. The molecule has 0 spiro atoms. The van der Waals surface area contributed by atoms with Crippen LogP contribution in [-0.2, 0) is 9.53 Å². The Hall–Kier alpha value is -1.65. The Morgan fingerprint density at radius 1 is 1.47 bits per heavy atom. The summed E-state index contributed by atoms with van der Waals surface area (Å²) in [6, 6.07) is 0. The predicted octanol–water partition coefficient (Wildman–Crippen LogP) is 1.41. The minimum absolute atomic E-state index is 0.158. The highest BCUT2D eigenvalue weighted by Crippen LogP contribution is 2.35. The molecule has 2 rings (SSSR count). The molecule has 0 radical (unpaired) electrons. The van der Waals surface area contributed by atoms with Gasteiger partial charge in [0.25, 0.3) is 0 Å². The second kappa shape index (κ2) is 5.15. The van der Waals surface area contributed by atoms with Crippen LogP contribution in [0.1, 0.15) is 20.3 Å². The number of aliphatic hydroxyl groups is 2. The third kappa shape index (κ3) is 2.55. The molecule has 4 nitrogen and oxygen atoms in total. The first-order chi connectivity index (χ1) is 8.96. The maximum Gasteiger partial charge on any atom is 0.190 e. The van der Waals surface area contributed by atoms with Gasteiger partial charge in [0.2, 0.25) is 0 Å². The van der Waals surface area contributed by atoms with E-state index < -0.39 is 17.5 Å². The molecule has 0 aromatic rings. The van der Waals surface area contributed by atoms with Gasteiger partial charge >= 0.3 is 0 Å². The van der Waals surface area contributed by atoms with Gasteiger partial charge in [-0.2, -0.15) is 0 Å². The summed E-state index contributed by atoms with van der Waals surface area (Å²) in [4.78, 5) is 11.8. The number of rotatable bonds is 2. The molecule has 0 saturated carbocycles. The number of carbonyl (C=O) groups is 1. The van der Waals surface area contributed by atoms with Gasteiger partial charge in [0.05, 0.1) is 6.26 Å². The zero-order valence-electron chi connectivity index (χ0n) is 11.0. The molecule has 0 unspecified atom stereocenters. The van der Waals surface area contributed by atoms with Crippen LogP contribution in [0.15, 0.2) is 47.8 Å². The Labute approximate surface area is 112 Å². The SMILES string of the molecule is CC=CC=C[C@@H]1CC2=CC(=O)[C@@](C)(O)[C@H](O)C2=CO1. The van der Waals surface area contributed by atoms with E-state index in [0.717, 1.165) is 5.57 Å². The smallest absolute Gasteiger partial charge is 0.190 e. The van der Waals surface area contributed by atoms with Crippen LogP contribution in [0, 0.1) is 0 Å². The highest BCUT2D eigenvalue weighted by atomic mass is 16.5. The van der Waals surface area contributed by atoms with Crippen LogP contribution in [0.5, 0.6) is 0 Å². The van der Waals surface area contributed by atoms with Crippen molar-refractivity contribution >= 4 is 5.78 Å². The molecule has 1 heterocycles. The third-order valence-electron chi connectivity index (χ3n) is 3.42. The van der Waals surface area contributed by atoms with Gasteiger partial charge in [-0.1, -0.05) is 18.2 Å². The molecule has 1 aliphatic heterocycles. The zero-order valence-corrected chi connectivity index (χ0v) is 11.0. The number of hydrogen-bond donors (Lipinski definition) is 2. The van der Waals surface area contributed by atoms with Gasteiger partial charge in [-0.3, -0.25) is 4.79 Å². The van der Waals surface area contributed by atoms with Crippen molar-refractivity contribution in [2.75, 3.05) is 0 Å². The molecule has 1 aliphatic carbocycles. The Balaban J connectivity index is 2.23. The summed E-state index contributed by atoms with van der Waals surface area (Å²) in [7, 11) is 0. The number of ketones is 1. The Bertz CT molecular complexity index is 494. The lowest BCUT2D eigenvalue weighted by molar-refractivity contribution is -0.140. The van der Waals surface area contributed by atoms with Gasteiger partial charge in [-0.25, -0.2) is 0 Å². The molecule has 19 heavy (non-hydrogen) atoms. The lowest BCUT2D eigenvalue weighted by Gasteiger charge is -2.36. The Morgan fingerprint density at radius 2 is 2.21 bits per heavy atom. The van der Waals surface area contributed by atoms with Crippen molar-refractivity contribution < 1.29 is 19.7 Å². The Morgan fingerprint density at radius 3 is 2.89 bits per heavy atom. The fourth-order valence-electron chi connectivity index (χ4n) is 2.16. The van der Waals surface area contributed by atoms with Crippen LogP contribution in [0.4, 0.5) is 0 Å². The molecule has 3 atom stereocenters. The van der Waals surface area contributed by atoms with Gasteiger partial charge in [0, 0.05) is 12.0 Å². The third-order valence-corrected chi connectivity index (χ3v) is 3.42. The van der Waals surface area contributed by atoms with Gasteiger partial charge in [0.1, 0.15) is 12.2 Å². The molecule has 0 aromatic heterocycles. The van der Waals surface area contributed by atoms with E-state index in [2.05, 4.69) is 0 Å². The number of hydrogen-bond acceptors (Lipinski definition) is 4. The van der Waals surface area contributed by atoms with Crippen molar-refractivity contribution in [2.45, 2.75) is 38.1 Å². The number of allylic oxidation sites excluding steroid dienone is 3. The van der Waals surface area contributed by atoms with Crippen LogP contribution in [0.2, 0.25) is 0 Å². The van der Waals surface area contributed by atoms with E-state index in [0.29, 0.717) is 12.0 Å². The van der Waals surface area contributed by atoms with E-state index >= 15 is 0 Å². The van der Waals surface area contributed by atoms with Crippen LogP contribution < -0.4 is 0 Å². The van der Waals surface area contributed by atoms with Crippen LogP contribution >= 0.6 is 0 Å². The first-order valence-electron chi connectivity index (χ1n) is 6.27. The van der Waals surface area contributed by atoms with Crippen LogP contribution in [-0.4, -0.2) is 33.8 Å². The lowest BCUT2D eigenvalue weighted by atomic mass is 9.78. The molecule has 2 aliphatic rings. The minimum atomic E-state index is -1.77. The predicted molar refractivity (Wildman–Crippen MR) is 71.2 cm³/mol. The van der Waals surface area contributed by atoms with Crippen LogP contribution in [0.25, 0.3) is 0 Å². The van der Waals surface area contributed by atoms with Crippen molar-refractivity contribution in [1.82, 2.24) is 0 Å². The summed E-state index contributed by atoms with van der Waals surface area (Å²) in [5.41, 5.74) is -0.558. The first kappa shape index (κ1) is 13.8. The molecule has 0 bridgehead atoms. The number of ether oxygens (including phenoxy) is 1. The molecule has 0 saturated heterocycles. The fraction of sp³-hybridized carbons (Fsp3) is 0.400. The topological polar surface area (TPSA) is 66.8 Å². The summed E-state index contributed by atoms with van der Waals surface area (Å²) >= 11 is 0. The fourth-order valence-corrected chi connectivity index (χ4v) is 2.16. The van der Waals surface area contributed by atoms with E-state index in [1.165, 1.54) is 19.3 Å². The first-order valence-corrected chi connectivity index (χ1v) is 6.27. The standard InChI is InChI=1S/C15H18O4/c1-3-4-5-6-11-7-10-8-13(16)15(2,18)14(17)12(10)9-19-11/h3-6,8-9,11,14,17-18H,7H2,1-2H3/t11-,14-,15-/m1/s1. The van der Waals surface area contributed by atoms with Crippen molar-refractivity contribution in [1.29, 1.82) is 0 Å². The van der Waals surface area contributed by atoms with Crippen molar-refractivity contribution in [2.24, 2.45) is 0 Å². The summed E-state index contributed by atoms with van der Waals surface area (Å²) in [6.07, 6.45) is 9.52. The number of aliphatic hydroxyl groups excluding tert-OH is 1. The van der Waals surface area contributed by atoms with Crippen molar-refractivity contribution in [3.63, 3.8) is 0 Å². The van der Waals surface area contributed by atoms with Gasteiger partial charge in [0.15, 0.2) is 11.4 Å². The maximum absolute atomic E-state index is 11.8. The molecule has 0 fully saturated rings. The van der Waals surface area contributed by atoms with E-state index in [-0.39, 0.29) is 6.10 Å². The van der Waals surface area contributed by atoms with E-state index in [4.69, 9.17) is 4.74 Å². The van der Waals surface area contributed by atoms with Crippen molar-refractivity contribution in [3.05, 3.63) is 47.8 Å². The van der Waals surface area contributed by atoms with E-state index in [1.54, 1.807) is 0 Å². The average Bonchev–Trinajstić information content (AvgIpc) is 2.37. The molecular formula is C15H18O4. The number of carbonyl (C=O) groups excluding carboxylic acids is 1. The van der Waals surface area contributed by atoms with Gasteiger partial charge in [-0.05, 0) is 31.6 Å². The van der Waals surface area contributed by atoms with E-state index in [9.17, 15) is 15.0 Å². The highest BCUT2D eigenvalue weighted by Gasteiger charge is 2.45. The summed E-state index contributed by atoms with van der Waals surface area (Å²) in [6.45, 7) is 3.23. The average molecular weight is 262 g/mol. The zero-order chi connectivity index (χ0) is 14.0. The Kier molecular flexibility index (Phi) is 3.73. The normalized spacial score (nSPS) is 35.1. The molecule has 0 aromatic carbocycles. The van der Waals surface area contributed by atoms with Crippen molar-refractivity contribution in [3.8, 4) is 0 Å². The summed E-state index contributed by atoms with van der Waals surface area (Å²) in [5, 5.41) is 19.9.